The molecular weight excluding hydrogens is 494 g/mol. The van der Waals surface area contributed by atoms with Gasteiger partial charge < -0.3 is 24.2 Å². The second-order valence-corrected chi connectivity index (χ2v) is 9.81. The number of hydrogen-bond acceptors (Lipinski definition) is 6. The predicted molar refractivity (Wildman–Crippen MR) is 150 cm³/mol. The Morgan fingerprint density at radius 2 is 1.67 bits per heavy atom. The van der Waals surface area contributed by atoms with Crippen molar-refractivity contribution in [1.29, 1.82) is 0 Å². The normalized spacial score (nSPS) is 16.5. The number of Topliss-reactive ketones (excluding diaryl/α,β-unsaturated/α-hetero) is 1. The molecule has 7 nitrogen and oxygen atoms in total. The highest BCUT2D eigenvalue weighted by Crippen LogP contribution is 2.42. The van der Waals surface area contributed by atoms with Gasteiger partial charge in [-0.2, -0.15) is 0 Å². The molecule has 1 saturated heterocycles. The van der Waals surface area contributed by atoms with Gasteiger partial charge in [0.05, 0.1) is 31.9 Å². The molecule has 1 N–H and O–H groups in total. The zero-order chi connectivity index (χ0) is 27.9. The van der Waals surface area contributed by atoms with Gasteiger partial charge in [-0.1, -0.05) is 50.2 Å². The van der Waals surface area contributed by atoms with Crippen molar-refractivity contribution in [2.75, 3.05) is 20.3 Å². The molecule has 3 aromatic carbocycles. The number of carbonyl (C=O) groups is 2. The Kier molecular flexibility index (Phi) is 8.92. The highest BCUT2D eigenvalue weighted by molar-refractivity contribution is 6.46. The van der Waals surface area contributed by atoms with Crippen molar-refractivity contribution in [1.82, 2.24) is 4.90 Å². The van der Waals surface area contributed by atoms with Crippen LogP contribution in [0.1, 0.15) is 49.9 Å². The molecule has 1 aliphatic heterocycles. The van der Waals surface area contributed by atoms with E-state index in [0.29, 0.717) is 47.5 Å². The van der Waals surface area contributed by atoms with Crippen molar-refractivity contribution >= 4 is 17.4 Å². The van der Waals surface area contributed by atoms with E-state index in [2.05, 4.69) is 13.8 Å². The molecule has 1 amide bonds. The number of carbonyl (C=O) groups excluding carboxylic acids is 2. The van der Waals surface area contributed by atoms with Crippen LogP contribution in [0, 0.1) is 5.92 Å². The molecule has 7 heteroatoms. The van der Waals surface area contributed by atoms with Crippen molar-refractivity contribution in [3.05, 3.63) is 95.1 Å². The average Bonchev–Trinajstić information content (AvgIpc) is 3.18. The molecule has 204 valence electrons. The van der Waals surface area contributed by atoms with E-state index < -0.39 is 17.7 Å². The summed E-state index contributed by atoms with van der Waals surface area (Å²) in [5, 5.41) is 11.4. The Labute approximate surface area is 229 Å². The number of rotatable bonds is 11. The molecule has 1 atom stereocenters. The van der Waals surface area contributed by atoms with Crippen LogP contribution in [0.5, 0.6) is 17.2 Å². The zero-order valence-electron chi connectivity index (χ0n) is 22.8. The number of aliphatic hydroxyl groups excluding tert-OH is 1. The summed E-state index contributed by atoms with van der Waals surface area (Å²) in [5.41, 5.74) is 1.94. The van der Waals surface area contributed by atoms with Gasteiger partial charge in [0.25, 0.3) is 11.7 Å². The van der Waals surface area contributed by atoms with Crippen molar-refractivity contribution in [3.8, 4) is 17.2 Å². The minimum Gasteiger partial charge on any atom is -0.507 e. The van der Waals surface area contributed by atoms with Gasteiger partial charge in [-0.05, 0) is 66.8 Å². The number of hydrogen-bond donors (Lipinski definition) is 1. The average molecular weight is 530 g/mol. The largest absolute Gasteiger partial charge is 0.507 e. The van der Waals surface area contributed by atoms with Crippen LogP contribution in [-0.4, -0.2) is 42.0 Å². The summed E-state index contributed by atoms with van der Waals surface area (Å²) in [4.78, 5) is 28.3. The van der Waals surface area contributed by atoms with E-state index in [9.17, 15) is 14.7 Å². The van der Waals surface area contributed by atoms with Gasteiger partial charge in [-0.3, -0.25) is 9.59 Å². The quantitative estimate of drug-likeness (QED) is 0.182. The van der Waals surface area contributed by atoms with E-state index in [0.717, 1.165) is 12.0 Å². The molecule has 0 bridgehead atoms. The van der Waals surface area contributed by atoms with Gasteiger partial charge >= 0.3 is 0 Å². The first-order chi connectivity index (χ1) is 18.8. The Morgan fingerprint density at radius 1 is 0.949 bits per heavy atom. The van der Waals surface area contributed by atoms with Gasteiger partial charge in [0.1, 0.15) is 11.5 Å². The Morgan fingerprint density at radius 3 is 2.31 bits per heavy atom. The maximum atomic E-state index is 13.4. The number of ketones is 1. The van der Waals surface area contributed by atoms with Crippen molar-refractivity contribution < 1.29 is 28.9 Å². The molecule has 1 unspecified atom stereocenters. The Balaban J connectivity index is 1.79. The van der Waals surface area contributed by atoms with Gasteiger partial charge in [0, 0.05) is 12.1 Å². The van der Waals surface area contributed by atoms with Crippen LogP contribution in [0.4, 0.5) is 0 Å². The molecule has 0 aliphatic carbocycles. The molecule has 0 aromatic heterocycles. The summed E-state index contributed by atoms with van der Waals surface area (Å²) < 4.78 is 17.1. The lowest BCUT2D eigenvalue weighted by Crippen LogP contribution is -2.29. The van der Waals surface area contributed by atoms with E-state index in [1.54, 1.807) is 43.5 Å². The summed E-state index contributed by atoms with van der Waals surface area (Å²) in [5.74, 6) is 0.555. The molecule has 0 spiro atoms. The lowest BCUT2D eigenvalue weighted by atomic mass is 9.94. The van der Waals surface area contributed by atoms with Crippen LogP contribution in [0.2, 0.25) is 0 Å². The summed E-state index contributed by atoms with van der Waals surface area (Å²) in [6.45, 7) is 7.39. The van der Waals surface area contributed by atoms with Crippen LogP contribution in [0.15, 0.2) is 78.4 Å². The maximum absolute atomic E-state index is 13.4. The first kappa shape index (κ1) is 27.8. The third-order valence-electron chi connectivity index (χ3n) is 6.63. The molecule has 3 aromatic rings. The van der Waals surface area contributed by atoms with Crippen LogP contribution in [0.25, 0.3) is 5.76 Å². The van der Waals surface area contributed by atoms with Crippen LogP contribution in [0.3, 0.4) is 0 Å². The molecule has 1 aliphatic rings. The van der Waals surface area contributed by atoms with Crippen LogP contribution < -0.4 is 14.2 Å². The molecule has 1 fully saturated rings. The van der Waals surface area contributed by atoms with Gasteiger partial charge in [0.2, 0.25) is 0 Å². The molecule has 39 heavy (non-hydrogen) atoms. The summed E-state index contributed by atoms with van der Waals surface area (Å²) in [6.07, 6.45) is 0.893. The lowest BCUT2D eigenvalue weighted by Gasteiger charge is -2.26. The molecule has 1 heterocycles. The van der Waals surface area contributed by atoms with Gasteiger partial charge in [-0.15, -0.1) is 0 Å². The third-order valence-corrected chi connectivity index (χ3v) is 6.63. The summed E-state index contributed by atoms with van der Waals surface area (Å²) in [6, 6.07) is 20.8. The van der Waals surface area contributed by atoms with E-state index >= 15 is 0 Å². The highest BCUT2D eigenvalue weighted by Gasteiger charge is 2.46. The fraction of sp³-hybridized carbons (Fsp3) is 0.312. The van der Waals surface area contributed by atoms with E-state index in [-0.39, 0.29) is 17.9 Å². The number of methoxy groups -OCH3 is 1. The first-order valence-electron chi connectivity index (χ1n) is 13.2. The highest BCUT2D eigenvalue weighted by atomic mass is 16.5. The zero-order valence-corrected chi connectivity index (χ0v) is 22.8. The Bertz CT molecular complexity index is 1330. The number of likely N-dealkylation sites (tertiary alicyclic amines) is 1. The monoisotopic (exact) mass is 529 g/mol. The summed E-state index contributed by atoms with van der Waals surface area (Å²) in [7, 11) is 1.55. The fourth-order valence-electron chi connectivity index (χ4n) is 4.58. The second kappa shape index (κ2) is 12.5. The van der Waals surface area contributed by atoms with E-state index in [1.807, 2.05) is 43.3 Å². The number of nitrogens with zero attached hydrogens (tertiary/aromatic N) is 1. The number of ether oxygens (including phenoxy) is 3. The van der Waals surface area contributed by atoms with E-state index in [4.69, 9.17) is 14.2 Å². The second-order valence-electron chi connectivity index (χ2n) is 9.81. The van der Waals surface area contributed by atoms with Gasteiger partial charge in [-0.25, -0.2) is 0 Å². The van der Waals surface area contributed by atoms with Crippen molar-refractivity contribution in [3.63, 3.8) is 0 Å². The third kappa shape index (κ3) is 6.25. The number of amides is 1. The first-order valence-corrected chi connectivity index (χ1v) is 13.2. The van der Waals surface area contributed by atoms with Gasteiger partial charge in [0.15, 0.2) is 11.5 Å². The van der Waals surface area contributed by atoms with Crippen LogP contribution in [-0.2, 0) is 16.1 Å². The topological polar surface area (TPSA) is 85.3 Å². The molecule has 0 saturated carbocycles. The van der Waals surface area contributed by atoms with E-state index in [1.165, 1.54) is 4.90 Å². The standard InChI is InChI=1S/C32H35NO6/c1-5-38-25-14-11-23(12-15-25)30(34)28-29(33(32(36)31(28)35)20-22-9-7-6-8-10-22)24-13-16-26(27(19-24)37-4)39-18-17-21(2)3/h6-16,19,21,29,34H,5,17-18,20H2,1-4H3. The fourth-order valence-corrected chi connectivity index (χ4v) is 4.58. The Hall–Kier alpha value is -4.26. The minimum atomic E-state index is -0.824. The molecular formula is C32H35NO6. The molecule has 4 rings (SSSR count). The number of benzene rings is 3. The smallest absolute Gasteiger partial charge is 0.295 e. The SMILES string of the molecule is CCOc1ccc(C(O)=C2C(=O)C(=O)N(Cc3ccccc3)C2c2ccc(OCCC(C)C)c(OC)c2)cc1. The molecule has 0 radical (unpaired) electrons. The van der Waals surface area contributed by atoms with Crippen LogP contribution >= 0.6 is 0 Å². The lowest BCUT2D eigenvalue weighted by molar-refractivity contribution is -0.140. The maximum Gasteiger partial charge on any atom is 0.295 e. The predicted octanol–water partition coefficient (Wildman–Crippen LogP) is 6.14. The summed E-state index contributed by atoms with van der Waals surface area (Å²) >= 11 is 0. The van der Waals surface area contributed by atoms with Crippen molar-refractivity contribution in [2.24, 2.45) is 5.92 Å². The number of aliphatic hydroxyl groups is 1. The minimum absolute atomic E-state index is 0.0237. The van der Waals surface area contributed by atoms with Crippen molar-refractivity contribution in [2.45, 2.75) is 39.8 Å².